The number of allylic oxidation sites excluding steroid dienone is 8. The Labute approximate surface area is 188 Å². The van der Waals surface area contributed by atoms with Crippen molar-refractivity contribution < 1.29 is 0 Å². The summed E-state index contributed by atoms with van der Waals surface area (Å²) in [6, 6.07) is 16.6. The predicted molar refractivity (Wildman–Crippen MR) is 136 cm³/mol. The van der Waals surface area contributed by atoms with Gasteiger partial charge >= 0.3 is 0 Å². The number of aryl methyl sites for hydroxylation is 1. The van der Waals surface area contributed by atoms with Gasteiger partial charge in [0.2, 0.25) is 0 Å². The van der Waals surface area contributed by atoms with E-state index in [9.17, 15) is 0 Å². The fourth-order valence-corrected chi connectivity index (χ4v) is 3.36. The molecule has 30 heavy (non-hydrogen) atoms. The standard InChI is InChI=1S/C29H33Cl/c1-8-21(4)19-28(20(2)3)29(26-15-17-27(30)18-16-26)24(7)23(6)11-14-25-12-9-22(5)10-13-25/h8-20H,6H2,1-5,7H3/b14-11+,21-8-,28-19+,29-24+. The third-order valence-corrected chi connectivity index (χ3v) is 5.55. The molecule has 0 aliphatic carbocycles. The van der Waals surface area contributed by atoms with Crippen molar-refractivity contribution in [3.63, 3.8) is 0 Å². The average Bonchev–Trinajstić information content (AvgIpc) is 2.73. The van der Waals surface area contributed by atoms with Crippen molar-refractivity contribution in [2.24, 2.45) is 5.92 Å². The van der Waals surface area contributed by atoms with Crippen molar-refractivity contribution >= 4 is 23.3 Å². The molecule has 0 unspecified atom stereocenters. The van der Waals surface area contributed by atoms with Gasteiger partial charge in [-0.1, -0.05) is 104 Å². The van der Waals surface area contributed by atoms with Gasteiger partial charge in [0.1, 0.15) is 0 Å². The summed E-state index contributed by atoms with van der Waals surface area (Å²) in [6.45, 7) is 17.3. The lowest BCUT2D eigenvalue weighted by atomic mass is 9.84. The summed E-state index contributed by atoms with van der Waals surface area (Å²) < 4.78 is 0. The minimum absolute atomic E-state index is 0.370. The first-order valence-corrected chi connectivity index (χ1v) is 10.9. The van der Waals surface area contributed by atoms with Crippen molar-refractivity contribution in [3.8, 4) is 0 Å². The van der Waals surface area contributed by atoms with E-state index in [2.05, 4.69) is 109 Å². The first kappa shape index (κ1) is 23.7. The third-order valence-electron chi connectivity index (χ3n) is 5.29. The van der Waals surface area contributed by atoms with E-state index < -0.39 is 0 Å². The molecule has 0 radical (unpaired) electrons. The van der Waals surface area contributed by atoms with Crippen LogP contribution in [0.1, 0.15) is 51.3 Å². The highest BCUT2D eigenvalue weighted by Gasteiger charge is 2.16. The van der Waals surface area contributed by atoms with Gasteiger partial charge in [-0.3, -0.25) is 0 Å². The molecule has 0 aromatic heterocycles. The van der Waals surface area contributed by atoms with Crippen LogP contribution in [0.3, 0.4) is 0 Å². The Balaban J connectivity index is 2.58. The molecule has 2 rings (SSSR count). The number of hydrogen-bond donors (Lipinski definition) is 0. The third kappa shape index (κ3) is 6.47. The Kier molecular flexibility index (Phi) is 8.69. The number of hydrogen-bond acceptors (Lipinski definition) is 0. The van der Waals surface area contributed by atoms with Gasteiger partial charge < -0.3 is 0 Å². The van der Waals surface area contributed by atoms with Crippen LogP contribution in [-0.4, -0.2) is 0 Å². The average molecular weight is 417 g/mol. The molecule has 0 amide bonds. The van der Waals surface area contributed by atoms with E-state index in [0.717, 1.165) is 16.2 Å². The second-order valence-electron chi connectivity index (χ2n) is 8.06. The van der Waals surface area contributed by atoms with E-state index in [4.69, 9.17) is 11.6 Å². The summed E-state index contributed by atoms with van der Waals surface area (Å²) in [5.74, 6) is 0.370. The van der Waals surface area contributed by atoms with Crippen molar-refractivity contribution in [1.29, 1.82) is 0 Å². The topological polar surface area (TPSA) is 0 Å². The highest BCUT2D eigenvalue weighted by Crippen LogP contribution is 2.35. The van der Waals surface area contributed by atoms with Gasteiger partial charge in [0, 0.05) is 5.02 Å². The zero-order valence-corrected chi connectivity index (χ0v) is 19.8. The molecule has 0 nitrogen and oxygen atoms in total. The molecule has 0 spiro atoms. The summed E-state index contributed by atoms with van der Waals surface area (Å²) >= 11 is 6.17. The fraction of sp³-hybridized carbons (Fsp3) is 0.241. The molecule has 1 heteroatoms. The summed E-state index contributed by atoms with van der Waals surface area (Å²) in [6.07, 6.45) is 8.66. The second kappa shape index (κ2) is 11.0. The number of halogens is 1. The molecule has 2 aromatic carbocycles. The van der Waals surface area contributed by atoms with Gasteiger partial charge in [-0.15, -0.1) is 0 Å². The van der Waals surface area contributed by atoms with E-state index in [0.29, 0.717) is 5.92 Å². The van der Waals surface area contributed by atoms with Crippen LogP contribution < -0.4 is 0 Å². The van der Waals surface area contributed by atoms with Gasteiger partial charge in [0.15, 0.2) is 0 Å². The maximum absolute atomic E-state index is 6.17. The molecule has 0 bridgehead atoms. The molecule has 0 saturated carbocycles. The van der Waals surface area contributed by atoms with Crippen LogP contribution in [0.15, 0.2) is 95.6 Å². The summed E-state index contributed by atoms with van der Waals surface area (Å²) in [5.41, 5.74) is 9.54. The number of rotatable bonds is 7. The first-order valence-electron chi connectivity index (χ1n) is 10.5. The van der Waals surface area contributed by atoms with Crippen LogP contribution in [-0.2, 0) is 0 Å². The number of benzene rings is 2. The molecule has 0 N–H and O–H groups in total. The molecule has 0 aliphatic heterocycles. The Morgan fingerprint density at radius 3 is 2.10 bits per heavy atom. The van der Waals surface area contributed by atoms with Gasteiger partial charge in [-0.2, -0.15) is 0 Å². The molecule has 0 atom stereocenters. The molecule has 0 fully saturated rings. The minimum atomic E-state index is 0.370. The highest BCUT2D eigenvalue weighted by molar-refractivity contribution is 6.30. The van der Waals surface area contributed by atoms with E-state index >= 15 is 0 Å². The van der Waals surface area contributed by atoms with Gasteiger partial charge in [0.25, 0.3) is 0 Å². The Bertz CT molecular complexity index is 991. The van der Waals surface area contributed by atoms with Crippen LogP contribution in [0, 0.1) is 12.8 Å². The SMILES string of the molecule is C=C(/C=C/c1ccc(C)cc1)/C(C)=C(/C(=C/C(C)=C\C)C(C)C)c1ccc(Cl)cc1. The maximum Gasteiger partial charge on any atom is 0.0406 e. The molecular formula is C29H33Cl. The van der Waals surface area contributed by atoms with Crippen LogP contribution >= 0.6 is 11.6 Å². The maximum atomic E-state index is 6.17. The summed E-state index contributed by atoms with van der Waals surface area (Å²) in [4.78, 5) is 0. The predicted octanol–water partition coefficient (Wildman–Crippen LogP) is 9.24. The van der Waals surface area contributed by atoms with E-state index in [1.165, 1.54) is 33.4 Å². The monoisotopic (exact) mass is 416 g/mol. The largest absolute Gasteiger partial charge is 0.0915 e. The van der Waals surface area contributed by atoms with Crippen LogP contribution in [0.5, 0.6) is 0 Å². The van der Waals surface area contributed by atoms with Crippen molar-refractivity contribution in [3.05, 3.63) is 117 Å². The lowest BCUT2D eigenvalue weighted by Gasteiger charge is -2.21. The first-order chi connectivity index (χ1) is 14.2. The van der Waals surface area contributed by atoms with Crippen molar-refractivity contribution in [2.75, 3.05) is 0 Å². The molecule has 0 saturated heterocycles. The zero-order valence-electron chi connectivity index (χ0n) is 19.1. The zero-order chi connectivity index (χ0) is 22.3. The Morgan fingerprint density at radius 1 is 0.967 bits per heavy atom. The Morgan fingerprint density at radius 2 is 1.57 bits per heavy atom. The van der Waals surface area contributed by atoms with Crippen molar-refractivity contribution in [1.82, 2.24) is 0 Å². The molecule has 0 heterocycles. The molecule has 2 aromatic rings. The normalized spacial score (nSPS) is 13.7. The summed E-state index contributed by atoms with van der Waals surface area (Å²) in [7, 11) is 0. The van der Waals surface area contributed by atoms with E-state index in [1.54, 1.807) is 0 Å². The molecule has 0 aliphatic rings. The Hall–Kier alpha value is -2.57. The second-order valence-corrected chi connectivity index (χ2v) is 8.50. The smallest absolute Gasteiger partial charge is 0.0406 e. The van der Waals surface area contributed by atoms with Crippen LogP contribution in [0.4, 0.5) is 0 Å². The highest BCUT2D eigenvalue weighted by atomic mass is 35.5. The van der Waals surface area contributed by atoms with Crippen LogP contribution in [0.25, 0.3) is 11.6 Å². The lowest BCUT2D eigenvalue weighted by molar-refractivity contribution is 0.794. The minimum Gasteiger partial charge on any atom is -0.0915 e. The van der Waals surface area contributed by atoms with Gasteiger partial charge in [-0.25, -0.2) is 0 Å². The lowest BCUT2D eigenvalue weighted by Crippen LogP contribution is -2.02. The van der Waals surface area contributed by atoms with E-state index in [1.807, 2.05) is 12.1 Å². The molecule has 156 valence electrons. The van der Waals surface area contributed by atoms with Gasteiger partial charge in [-0.05, 0) is 79.2 Å². The van der Waals surface area contributed by atoms with Crippen LogP contribution in [0.2, 0.25) is 5.02 Å². The van der Waals surface area contributed by atoms with Gasteiger partial charge in [0.05, 0.1) is 0 Å². The van der Waals surface area contributed by atoms with Crippen molar-refractivity contribution in [2.45, 2.75) is 41.5 Å². The fourth-order valence-electron chi connectivity index (χ4n) is 3.23. The molecular weight excluding hydrogens is 384 g/mol. The summed E-state index contributed by atoms with van der Waals surface area (Å²) in [5, 5.41) is 0.744. The van der Waals surface area contributed by atoms with E-state index in [-0.39, 0.29) is 0 Å². The quantitative estimate of drug-likeness (QED) is 0.394.